The molecule has 0 spiro atoms. The minimum absolute atomic E-state index is 0.714. The molecule has 2 atom stereocenters. The van der Waals surface area contributed by atoms with E-state index in [-0.39, 0.29) is 0 Å². The summed E-state index contributed by atoms with van der Waals surface area (Å²) >= 11 is 5.38. The number of hydrogen-bond donors (Lipinski definition) is 1. The Morgan fingerprint density at radius 2 is 2.35 bits per heavy atom. The summed E-state index contributed by atoms with van der Waals surface area (Å²) in [6, 6.07) is 5.09. The highest BCUT2D eigenvalue weighted by molar-refractivity contribution is 9.11. The van der Waals surface area contributed by atoms with Crippen LogP contribution in [-0.2, 0) is 6.54 Å². The topological polar surface area (TPSA) is 15.3 Å². The number of thiophene rings is 1. The molecule has 1 N–H and O–H groups in total. The molecule has 0 aromatic carbocycles. The number of rotatable bonds is 4. The summed E-state index contributed by atoms with van der Waals surface area (Å²) in [6.07, 6.45) is 1.28. The van der Waals surface area contributed by atoms with Crippen LogP contribution in [0.25, 0.3) is 0 Å². The van der Waals surface area contributed by atoms with Crippen LogP contribution in [0.5, 0.6) is 0 Å². The fourth-order valence-electron chi connectivity index (χ4n) is 2.60. The summed E-state index contributed by atoms with van der Waals surface area (Å²) in [5, 5.41) is 3.59. The highest BCUT2D eigenvalue weighted by Crippen LogP contribution is 2.25. The maximum atomic E-state index is 3.59. The molecule has 0 radical (unpaired) electrons. The third-order valence-electron chi connectivity index (χ3n) is 3.46. The third-order valence-corrected chi connectivity index (χ3v) is 5.07. The van der Waals surface area contributed by atoms with E-state index in [0.29, 0.717) is 6.04 Å². The SMILES string of the molecule is CCNC1CCN(Cc2ccc(Br)s2)CC1C. The van der Waals surface area contributed by atoms with Gasteiger partial charge in [0.2, 0.25) is 0 Å². The molecule has 1 aromatic rings. The molecular formula is C13H21BrN2S. The van der Waals surface area contributed by atoms with Crippen LogP contribution in [0.15, 0.2) is 15.9 Å². The normalized spacial score (nSPS) is 26.3. The molecule has 0 bridgehead atoms. The van der Waals surface area contributed by atoms with E-state index in [9.17, 15) is 0 Å². The van der Waals surface area contributed by atoms with Crippen molar-refractivity contribution in [2.45, 2.75) is 32.9 Å². The molecule has 2 unspecified atom stereocenters. The van der Waals surface area contributed by atoms with E-state index < -0.39 is 0 Å². The Bertz CT molecular complexity index is 353. The van der Waals surface area contributed by atoms with E-state index in [2.05, 4.69) is 52.1 Å². The molecular weight excluding hydrogens is 296 g/mol. The summed E-state index contributed by atoms with van der Waals surface area (Å²) in [5.74, 6) is 0.757. The van der Waals surface area contributed by atoms with Gasteiger partial charge in [0.15, 0.2) is 0 Å². The molecule has 2 rings (SSSR count). The standard InChI is InChI=1S/C13H21BrN2S/c1-3-15-12-6-7-16(8-10(12)2)9-11-4-5-13(14)17-11/h4-5,10,12,15H,3,6-9H2,1-2H3. The molecule has 1 saturated heterocycles. The number of hydrogen-bond acceptors (Lipinski definition) is 3. The van der Waals surface area contributed by atoms with Gasteiger partial charge in [0.05, 0.1) is 3.79 Å². The average molecular weight is 317 g/mol. The zero-order valence-corrected chi connectivity index (χ0v) is 13.0. The monoisotopic (exact) mass is 316 g/mol. The van der Waals surface area contributed by atoms with E-state index in [4.69, 9.17) is 0 Å². The zero-order chi connectivity index (χ0) is 12.3. The molecule has 96 valence electrons. The van der Waals surface area contributed by atoms with Gasteiger partial charge in [-0.25, -0.2) is 0 Å². The van der Waals surface area contributed by atoms with Crippen LogP contribution in [0.2, 0.25) is 0 Å². The van der Waals surface area contributed by atoms with Crippen molar-refractivity contribution in [1.82, 2.24) is 10.2 Å². The zero-order valence-electron chi connectivity index (χ0n) is 10.6. The maximum absolute atomic E-state index is 3.59. The lowest BCUT2D eigenvalue weighted by molar-refractivity contribution is 0.143. The van der Waals surface area contributed by atoms with E-state index in [1.54, 1.807) is 0 Å². The van der Waals surface area contributed by atoms with Gasteiger partial charge in [-0.2, -0.15) is 0 Å². The Kier molecular flexibility index (Phi) is 5.03. The van der Waals surface area contributed by atoms with Gasteiger partial charge < -0.3 is 5.32 Å². The molecule has 1 aliphatic heterocycles. The Balaban J connectivity index is 1.85. The van der Waals surface area contributed by atoms with E-state index >= 15 is 0 Å². The fourth-order valence-corrected chi connectivity index (χ4v) is 4.12. The lowest BCUT2D eigenvalue weighted by atomic mass is 9.94. The minimum atomic E-state index is 0.714. The molecule has 0 saturated carbocycles. The van der Waals surface area contributed by atoms with Crippen LogP contribution >= 0.6 is 27.3 Å². The molecule has 0 aliphatic carbocycles. The summed E-state index contributed by atoms with van der Waals surface area (Å²) < 4.78 is 1.24. The van der Waals surface area contributed by atoms with Crippen LogP contribution in [0.4, 0.5) is 0 Å². The van der Waals surface area contributed by atoms with Crippen molar-refractivity contribution in [3.8, 4) is 0 Å². The molecule has 2 heterocycles. The number of halogens is 1. The number of likely N-dealkylation sites (tertiary alicyclic amines) is 1. The predicted octanol–water partition coefficient (Wildman–Crippen LogP) is 3.33. The van der Waals surface area contributed by atoms with Crippen LogP contribution < -0.4 is 5.32 Å². The van der Waals surface area contributed by atoms with Gasteiger partial charge in [-0.3, -0.25) is 4.90 Å². The van der Waals surface area contributed by atoms with E-state index in [1.165, 1.54) is 28.2 Å². The summed E-state index contributed by atoms with van der Waals surface area (Å²) in [6.45, 7) is 9.20. The highest BCUT2D eigenvalue weighted by Gasteiger charge is 2.25. The molecule has 1 fully saturated rings. The smallest absolute Gasteiger partial charge is 0.0701 e. The fraction of sp³-hybridized carbons (Fsp3) is 0.692. The van der Waals surface area contributed by atoms with Crippen molar-refractivity contribution in [2.24, 2.45) is 5.92 Å². The quantitative estimate of drug-likeness (QED) is 0.916. The second-order valence-corrected chi connectivity index (χ2v) is 7.42. The Labute approximate surface area is 117 Å². The minimum Gasteiger partial charge on any atom is -0.314 e. The number of nitrogens with one attached hydrogen (secondary N) is 1. The first-order chi connectivity index (χ1) is 8.19. The lowest BCUT2D eigenvalue weighted by Crippen LogP contribution is -2.47. The van der Waals surface area contributed by atoms with Crippen molar-refractivity contribution >= 4 is 27.3 Å². The van der Waals surface area contributed by atoms with Crippen LogP contribution in [0.3, 0.4) is 0 Å². The van der Waals surface area contributed by atoms with Gasteiger partial charge in [-0.1, -0.05) is 13.8 Å². The van der Waals surface area contributed by atoms with Crippen molar-refractivity contribution in [3.05, 3.63) is 20.8 Å². The van der Waals surface area contributed by atoms with Gasteiger partial charge in [-0.15, -0.1) is 11.3 Å². The summed E-state index contributed by atoms with van der Waals surface area (Å²) in [7, 11) is 0. The molecule has 17 heavy (non-hydrogen) atoms. The maximum Gasteiger partial charge on any atom is 0.0701 e. The largest absolute Gasteiger partial charge is 0.314 e. The number of piperidine rings is 1. The van der Waals surface area contributed by atoms with Crippen molar-refractivity contribution in [3.63, 3.8) is 0 Å². The Hall–Kier alpha value is 0.1000. The van der Waals surface area contributed by atoms with Crippen LogP contribution in [0, 0.1) is 5.92 Å². The van der Waals surface area contributed by atoms with Gasteiger partial charge in [-0.05, 0) is 46.9 Å². The van der Waals surface area contributed by atoms with Gasteiger partial charge in [0, 0.05) is 30.6 Å². The van der Waals surface area contributed by atoms with Gasteiger partial charge in [0.25, 0.3) is 0 Å². The first-order valence-electron chi connectivity index (χ1n) is 6.39. The Morgan fingerprint density at radius 1 is 1.53 bits per heavy atom. The molecule has 1 aromatic heterocycles. The predicted molar refractivity (Wildman–Crippen MR) is 78.5 cm³/mol. The summed E-state index contributed by atoms with van der Waals surface area (Å²) in [4.78, 5) is 4.04. The third kappa shape index (κ3) is 3.78. The summed E-state index contributed by atoms with van der Waals surface area (Å²) in [5.41, 5.74) is 0. The number of nitrogens with zero attached hydrogens (tertiary/aromatic N) is 1. The molecule has 2 nitrogen and oxygen atoms in total. The van der Waals surface area contributed by atoms with Crippen molar-refractivity contribution < 1.29 is 0 Å². The average Bonchev–Trinajstić information content (AvgIpc) is 2.68. The van der Waals surface area contributed by atoms with Crippen molar-refractivity contribution in [1.29, 1.82) is 0 Å². The first-order valence-corrected chi connectivity index (χ1v) is 8.00. The molecule has 1 aliphatic rings. The van der Waals surface area contributed by atoms with E-state index in [1.807, 2.05) is 11.3 Å². The second kappa shape index (κ2) is 6.32. The molecule has 4 heteroatoms. The lowest BCUT2D eigenvalue weighted by Gasteiger charge is -2.37. The molecule has 0 amide bonds. The van der Waals surface area contributed by atoms with E-state index in [0.717, 1.165) is 19.0 Å². The van der Waals surface area contributed by atoms with Crippen molar-refractivity contribution in [2.75, 3.05) is 19.6 Å². The highest BCUT2D eigenvalue weighted by atomic mass is 79.9. The van der Waals surface area contributed by atoms with Gasteiger partial charge in [0.1, 0.15) is 0 Å². The Morgan fingerprint density at radius 3 is 2.94 bits per heavy atom. The van der Waals surface area contributed by atoms with Crippen LogP contribution in [-0.4, -0.2) is 30.6 Å². The van der Waals surface area contributed by atoms with Crippen LogP contribution in [0.1, 0.15) is 25.1 Å². The first kappa shape index (κ1) is 13.5. The van der Waals surface area contributed by atoms with Gasteiger partial charge >= 0.3 is 0 Å². The second-order valence-electron chi connectivity index (χ2n) is 4.87.